The normalized spacial score (nSPS) is 10.1. The molecule has 1 N–H and O–H groups in total. The fraction of sp³-hybridized carbons (Fsp3) is 0.300. The molecule has 0 unspecified atom stereocenters. The highest BCUT2D eigenvalue weighted by Gasteiger charge is 2.05. The molecule has 0 amide bonds. The summed E-state index contributed by atoms with van der Waals surface area (Å²) < 4.78 is 0. The largest absolute Gasteiger partial charge is 0.392 e. The molecule has 0 aliphatic carbocycles. The van der Waals surface area contributed by atoms with Crippen LogP contribution in [0.4, 0.5) is 0 Å². The number of aliphatic hydroxyl groups is 1. The lowest BCUT2D eigenvalue weighted by molar-refractivity contribution is 0.0988. The summed E-state index contributed by atoms with van der Waals surface area (Å²) in [6.45, 7) is 1.70. The third kappa shape index (κ3) is 2.54. The number of hydrogen-bond donors (Lipinski definition) is 1. The van der Waals surface area contributed by atoms with Gasteiger partial charge in [-0.15, -0.1) is 0 Å². The van der Waals surface area contributed by atoms with Crippen LogP contribution in [0.5, 0.6) is 0 Å². The van der Waals surface area contributed by atoms with Gasteiger partial charge in [-0.2, -0.15) is 0 Å². The maximum atomic E-state index is 11.3. The van der Waals surface area contributed by atoms with Crippen LogP contribution in [0.3, 0.4) is 0 Å². The lowest BCUT2D eigenvalue weighted by Gasteiger charge is -2.02. The zero-order chi connectivity index (χ0) is 9.84. The highest BCUT2D eigenvalue weighted by Crippen LogP contribution is 2.16. The van der Waals surface area contributed by atoms with Crippen LogP contribution in [0, 0.1) is 0 Å². The number of benzene rings is 1. The molecule has 1 rings (SSSR count). The molecular formula is C10H11ClO2. The minimum absolute atomic E-state index is 0.0391. The van der Waals surface area contributed by atoms with Crippen LogP contribution >= 0.6 is 11.6 Å². The van der Waals surface area contributed by atoms with E-state index in [-0.39, 0.29) is 12.4 Å². The van der Waals surface area contributed by atoms with Gasteiger partial charge < -0.3 is 5.11 Å². The van der Waals surface area contributed by atoms with Crippen molar-refractivity contribution < 1.29 is 9.90 Å². The second-order valence-corrected chi connectivity index (χ2v) is 3.22. The lowest BCUT2D eigenvalue weighted by Crippen LogP contribution is -1.98. The molecule has 0 aliphatic rings. The quantitative estimate of drug-likeness (QED) is 0.758. The highest BCUT2D eigenvalue weighted by atomic mass is 35.5. The van der Waals surface area contributed by atoms with Crippen LogP contribution in [0.25, 0.3) is 0 Å². The molecule has 0 fully saturated rings. The molecule has 0 saturated heterocycles. The molecule has 0 aromatic heterocycles. The minimum Gasteiger partial charge on any atom is -0.392 e. The van der Waals surface area contributed by atoms with Crippen LogP contribution in [0.1, 0.15) is 29.3 Å². The summed E-state index contributed by atoms with van der Waals surface area (Å²) in [5, 5.41) is 9.36. The van der Waals surface area contributed by atoms with Crippen molar-refractivity contribution in [3.63, 3.8) is 0 Å². The van der Waals surface area contributed by atoms with Crippen molar-refractivity contribution in [2.24, 2.45) is 0 Å². The number of hydrogen-bond acceptors (Lipinski definition) is 2. The number of carbonyl (C=O) groups excluding carboxylic acids is 1. The molecule has 1 aromatic rings. The Balaban J connectivity index is 3.08. The Bertz CT molecular complexity index is 321. The standard InChI is InChI=1S/C10H11ClO2/c1-2-10(13)8-3-7(6-12)4-9(11)5-8/h3-5,12H,2,6H2,1H3. The fourth-order valence-corrected chi connectivity index (χ4v) is 1.36. The van der Waals surface area contributed by atoms with Crippen LogP contribution in [0.2, 0.25) is 5.02 Å². The van der Waals surface area contributed by atoms with Gasteiger partial charge in [0.25, 0.3) is 0 Å². The van der Waals surface area contributed by atoms with E-state index in [9.17, 15) is 4.79 Å². The third-order valence-corrected chi connectivity index (χ3v) is 2.00. The Morgan fingerprint density at radius 2 is 2.15 bits per heavy atom. The number of carbonyl (C=O) groups is 1. The van der Waals surface area contributed by atoms with Crippen molar-refractivity contribution in [1.29, 1.82) is 0 Å². The number of halogens is 1. The summed E-state index contributed by atoms with van der Waals surface area (Å²) in [5.74, 6) is 0.0391. The molecule has 0 aliphatic heterocycles. The van der Waals surface area contributed by atoms with Gasteiger partial charge in [0.05, 0.1) is 6.61 Å². The molecule has 0 heterocycles. The number of Topliss-reactive ketones (excluding diaryl/α,β-unsaturated/α-hetero) is 1. The Morgan fingerprint density at radius 1 is 1.46 bits per heavy atom. The predicted octanol–water partition coefficient (Wildman–Crippen LogP) is 2.42. The summed E-state index contributed by atoms with van der Waals surface area (Å²) in [7, 11) is 0. The Morgan fingerprint density at radius 3 is 2.69 bits per heavy atom. The van der Waals surface area contributed by atoms with Gasteiger partial charge in [-0.3, -0.25) is 4.79 Å². The fourth-order valence-electron chi connectivity index (χ4n) is 1.11. The number of aliphatic hydroxyl groups excluding tert-OH is 1. The zero-order valence-electron chi connectivity index (χ0n) is 7.38. The second-order valence-electron chi connectivity index (χ2n) is 2.78. The Labute approximate surface area is 82.2 Å². The van der Waals surface area contributed by atoms with Gasteiger partial charge in [-0.25, -0.2) is 0 Å². The Hall–Kier alpha value is -0.860. The smallest absolute Gasteiger partial charge is 0.162 e. The van der Waals surface area contributed by atoms with E-state index in [1.807, 2.05) is 0 Å². The first-order valence-corrected chi connectivity index (χ1v) is 4.48. The number of rotatable bonds is 3. The highest BCUT2D eigenvalue weighted by molar-refractivity contribution is 6.31. The van der Waals surface area contributed by atoms with E-state index in [1.165, 1.54) is 0 Å². The monoisotopic (exact) mass is 198 g/mol. The van der Waals surface area contributed by atoms with Gasteiger partial charge in [-0.1, -0.05) is 18.5 Å². The first kappa shape index (κ1) is 10.2. The summed E-state index contributed by atoms with van der Waals surface area (Å²) in [6.07, 6.45) is 0.450. The Kier molecular flexibility index (Phi) is 3.46. The van der Waals surface area contributed by atoms with E-state index in [2.05, 4.69) is 0 Å². The second kappa shape index (κ2) is 4.40. The van der Waals surface area contributed by atoms with Crippen molar-refractivity contribution in [3.05, 3.63) is 34.3 Å². The van der Waals surface area contributed by atoms with Gasteiger partial charge in [0.1, 0.15) is 0 Å². The van der Waals surface area contributed by atoms with E-state index in [0.717, 1.165) is 0 Å². The van der Waals surface area contributed by atoms with Crippen LogP contribution < -0.4 is 0 Å². The van der Waals surface area contributed by atoms with Crippen LogP contribution in [-0.2, 0) is 6.61 Å². The van der Waals surface area contributed by atoms with E-state index in [1.54, 1.807) is 25.1 Å². The molecule has 0 saturated carbocycles. The summed E-state index contributed by atoms with van der Waals surface area (Å²) >= 11 is 5.77. The van der Waals surface area contributed by atoms with E-state index >= 15 is 0 Å². The van der Waals surface area contributed by atoms with E-state index in [0.29, 0.717) is 22.6 Å². The van der Waals surface area contributed by atoms with Crippen molar-refractivity contribution >= 4 is 17.4 Å². The van der Waals surface area contributed by atoms with Crippen LogP contribution in [-0.4, -0.2) is 10.9 Å². The molecule has 13 heavy (non-hydrogen) atoms. The first-order valence-electron chi connectivity index (χ1n) is 4.11. The average Bonchev–Trinajstić information content (AvgIpc) is 2.15. The molecule has 2 nitrogen and oxygen atoms in total. The summed E-state index contributed by atoms with van der Waals surface area (Å²) in [5.41, 5.74) is 1.24. The molecule has 0 atom stereocenters. The van der Waals surface area contributed by atoms with Crippen molar-refractivity contribution in [2.75, 3.05) is 0 Å². The predicted molar refractivity (Wildman–Crippen MR) is 52.0 cm³/mol. The third-order valence-electron chi connectivity index (χ3n) is 1.78. The molecular weight excluding hydrogens is 188 g/mol. The van der Waals surface area contributed by atoms with Gasteiger partial charge in [0, 0.05) is 17.0 Å². The van der Waals surface area contributed by atoms with Crippen molar-refractivity contribution in [3.8, 4) is 0 Å². The van der Waals surface area contributed by atoms with E-state index < -0.39 is 0 Å². The van der Waals surface area contributed by atoms with Gasteiger partial charge in [0.15, 0.2) is 5.78 Å². The van der Waals surface area contributed by atoms with Crippen LogP contribution in [0.15, 0.2) is 18.2 Å². The molecule has 0 spiro atoms. The molecule has 3 heteroatoms. The summed E-state index contributed by atoms with van der Waals surface area (Å²) in [4.78, 5) is 11.3. The molecule has 1 aromatic carbocycles. The first-order chi connectivity index (χ1) is 6.17. The maximum Gasteiger partial charge on any atom is 0.162 e. The molecule has 0 radical (unpaired) electrons. The average molecular weight is 199 g/mol. The summed E-state index contributed by atoms with van der Waals surface area (Å²) in [6, 6.07) is 4.93. The van der Waals surface area contributed by atoms with Gasteiger partial charge >= 0.3 is 0 Å². The van der Waals surface area contributed by atoms with Gasteiger partial charge in [-0.05, 0) is 23.8 Å². The maximum absolute atomic E-state index is 11.3. The van der Waals surface area contributed by atoms with E-state index in [4.69, 9.17) is 16.7 Å². The van der Waals surface area contributed by atoms with Crippen molar-refractivity contribution in [1.82, 2.24) is 0 Å². The molecule has 0 bridgehead atoms. The lowest BCUT2D eigenvalue weighted by atomic mass is 10.1. The number of ketones is 1. The van der Waals surface area contributed by atoms with Crippen molar-refractivity contribution in [2.45, 2.75) is 20.0 Å². The SMILES string of the molecule is CCC(=O)c1cc(Cl)cc(CO)c1. The topological polar surface area (TPSA) is 37.3 Å². The zero-order valence-corrected chi connectivity index (χ0v) is 8.14. The minimum atomic E-state index is -0.0927. The molecule has 70 valence electrons. The van der Waals surface area contributed by atoms with Gasteiger partial charge in [0.2, 0.25) is 0 Å².